The summed E-state index contributed by atoms with van der Waals surface area (Å²) < 4.78 is 27.3. The molecule has 2 N–H and O–H groups in total. The van der Waals surface area contributed by atoms with Crippen molar-refractivity contribution in [3.63, 3.8) is 0 Å². The van der Waals surface area contributed by atoms with Gasteiger partial charge in [0.2, 0.25) is 10.0 Å². The van der Waals surface area contributed by atoms with Crippen LogP contribution in [0.1, 0.15) is 13.8 Å². The van der Waals surface area contributed by atoms with Crippen molar-refractivity contribution in [1.82, 2.24) is 5.32 Å². The second-order valence-electron chi connectivity index (χ2n) is 3.99. The first kappa shape index (κ1) is 17.0. The van der Waals surface area contributed by atoms with Crippen LogP contribution < -0.4 is 10.0 Å². The van der Waals surface area contributed by atoms with Crippen LogP contribution in [-0.2, 0) is 10.0 Å². The molecule has 8 heteroatoms. The lowest BCUT2D eigenvalue weighted by Crippen LogP contribution is -2.34. The van der Waals surface area contributed by atoms with Gasteiger partial charge in [-0.1, -0.05) is 30.1 Å². The molecule has 0 aliphatic heterocycles. The Hall–Kier alpha value is -0.0100. The first-order valence-electron chi connectivity index (χ1n) is 5.65. The molecule has 0 heterocycles. The molecule has 0 radical (unpaired) electrons. The molecule has 0 fully saturated rings. The fourth-order valence-electron chi connectivity index (χ4n) is 1.32. The monoisotopic (exact) mass is 388 g/mol. The Kier molecular flexibility index (Phi) is 6.39. The Labute approximate surface area is 132 Å². The van der Waals surface area contributed by atoms with E-state index < -0.39 is 15.3 Å². The predicted octanol–water partition coefficient (Wildman–Crippen LogP) is 3.50. The molecule has 0 saturated carbocycles. The van der Waals surface area contributed by atoms with Crippen LogP contribution in [0, 0.1) is 0 Å². The number of nitrogens with one attached hydrogen (secondary N) is 2. The molecule has 1 aromatic rings. The number of rotatable bonds is 6. The van der Waals surface area contributed by atoms with E-state index in [0.717, 1.165) is 0 Å². The lowest BCUT2D eigenvalue weighted by Gasteiger charge is -2.16. The van der Waals surface area contributed by atoms with Crippen LogP contribution >= 0.6 is 39.1 Å². The van der Waals surface area contributed by atoms with Crippen molar-refractivity contribution in [2.45, 2.75) is 19.1 Å². The number of benzene rings is 1. The summed E-state index contributed by atoms with van der Waals surface area (Å²) in [6.45, 7) is 4.62. The number of sulfonamides is 1. The molecule has 1 atom stereocenters. The standard InChI is InChI=1S/C11H15BrCl2N2O2S/c1-3-15-6-7(2)19(17,18)16-9-5-4-8(12)10(13)11(9)14/h4-5,7,15-16H,3,6H2,1-2H3. The summed E-state index contributed by atoms with van der Waals surface area (Å²) in [4.78, 5) is 0. The van der Waals surface area contributed by atoms with E-state index in [4.69, 9.17) is 23.2 Å². The quantitative estimate of drug-likeness (QED) is 0.732. The van der Waals surface area contributed by atoms with E-state index in [1.165, 1.54) is 0 Å². The van der Waals surface area contributed by atoms with E-state index in [1.807, 2.05) is 6.92 Å². The normalized spacial score (nSPS) is 13.3. The van der Waals surface area contributed by atoms with Crippen molar-refractivity contribution in [3.8, 4) is 0 Å². The molecule has 0 aromatic heterocycles. The third-order valence-electron chi connectivity index (χ3n) is 2.50. The van der Waals surface area contributed by atoms with E-state index in [2.05, 4.69) is 26.0 Å². The minimum atomic E-state index is -3.51. The molecule has 0 amide bonds. The Morgan fingerprint density at radius 2 is 1.95 bits per heavy atom. The lowest BCUT2D eigenvalue weighted by atomic mass is 10.3. The first-order valence-corrected chi connectivity index (χ1v) is 8.75. The number of halogens is 3. The molecule has 0 bridgehead atoms. The highest BCUT2D eigenvalue weighted by Gasteiger charge is 2.22. The van der Waals surface area contributed by atoms with Crippen LogP contribution in [0.4, 0.5) is 5.69 Å². The number of anilines is 1. The summed E-state index contributed by atoms with van der Waals surface area (Å²) in [7, 11) is -3.51. The van der Waals surface area contributed by atoms with Crippen molar-refractivity contribution in [2.75, 3.05) is 17.8 Å². The molecule has 1 rings (SSSR count). The van der Waals surface area contributed by atoms with Crippen LogP contribution in [0.15, 0.2) is 16.6 Å². The van der Waals surface area contributed by atoms with Crippen molar-refractivity contribution in [2.24, 2.45) is 0 Å². The van der Waals surface area contributed by atoms with Gasteiger partial charge < -0.3 is 5.32 Å². The van der Waals surface area contributed by atoms with Gasteiger partial charge in [0.05, 0.1) is 21.0 Å². The van der Waals surface area contributed by atoms with Gasteiger partial charge in [0, 0.05) is 11.0 Å². The molecule has 4 nitrogen and oxygen atoms in total. The van der Waals surface area contributed by atoms with Crippen LogP contribution in [0.2, 0.25) is 10.0 Å². The highest BCUT2D eigenvalue weighted by molar-refractivity contribution is 9.10. The zero-order valence-corrected chi connectivity index (χ0v) is 14.4. The first-order chi connectivity index (χ1) is 8.79. The zero-order chi connectivity index (χ0) is 14.6. The van der Waals surface area contributed by atoms with Gasteiger partial charge in [0.25, 0.3) is 0 Å². The van der Waals surface area contributed by atoms with Crippen molar-refractivity contribution in [1.29, 1.82) is 0 Å². The van der Waals surface area contributed by atoms with Gasteiger partial charge in [-0.25, -0.2) is 8.42 Å². The van der Waals surface area contributed by atoms with E-state index in [-0.39, 0.29) is 15.7 Å². The molecule has 0 aliphatic rings. The summed E-state index contributed by atoms with van der Waals surface area (Å²) in [5.74, 6) is 0. The maximum Gasteiger partial charge on any atom is 0.236 e. The minimum absolute atomic E-state index is 0.176. The van der Waals surface area contributed by atoms with Crippen LogP contribution in [-0.4, -0.2) is 26.8 Å². The van der Waals surface area contributed by atoms with Crippen LogP contribution in [0.5, 0.6) is 0 Å². The summed E-state index contributed by atoms with van der Waals surface area (Å²) in [6, 6.07) is 3.21. The van der Waals surface area contributed by atoms with Gasteiger partial charge in [-0.15, -0.1) is 0 Å². The molecule has 0 saturated heterocycles. The molecular formula is C11H15BrCl2N2O2S. The molecule has 1 unspecified atom stereocenters. The van der Waals surface area contributed by atoms with Gasteiger partial charge >= 0.3 is 0 Å². The smallest absolute Gasteiger partial charge is 0.236 e. The van der Waals surface area contributed by atoms with Gasteiger partial charge in [-0.3, -0.25) is 4.72 Å². The van der Waals surface area contributed by atoms with Crippen molar-refractivity contribution >= 4 is 54.8 Å². The van der Waals surface area contributed by atoms with Crippen molar-refractivity contribution < 1.29 is 8.42 Å². The van der Waals surface area contributed by atoms with E-state index in [1.54, 1.807) is 19.1 Å². The maximum absolute atomic E-state index is 12.1. The summed E-state index contributed by atoms with van der Waals surface area (Å²) in [5.41, 5.74) is 0.276. The highest BCUT2D eigenvalue weighted by atomic mass is 79.9. The van der Waals surface area contributed by atoms with Crippen LogP contribution in [0.25, 0.3) is 0 Å². The minimum Gasteiger partial charge on any atom is -0.316 e. The molecule has 0 spiro atoms. The largest absolute Gasteiger partial charge is 0.316 e. The third kappa shape index (κ3) is 4.49. The summed E-state index contributed by atoms with van der Waals surface area (Å²) in [5, 5.41) is 2.87. The van der Waals surface area contributed by atoms with Gasteiger partial charge in [-0.05, 0) is 41.5 Å². The maximum atomic E-state index is 12.1. The van der Waals surface area contributed by atoms with Crippen molar-refractivity contribution in [3.05, 3.63) is 26.7 Å². The number of hydrogen-bond acceptors (Lipinski definition) is 3. The van der Waals surface area contributed by atoms with Crippen LogP contribution in [0.3, 0.4) is 0 Å². The van der Waals surface area contributed by atoms with E-state index in [0.29, 0.717) is 17.6 Å². The molecule has 1 aromatic carbocycles. The number of hydrogen-bond donors (Lipinski definition) is 2. The molecule has 19 heavy (non-hydrogen) atoms. The lowest BCUT2D eigenvalue weighted by molar-refractivity contribution is 0.579. The summed E-state index contributed by atoms with van der Waals surface area (Å²) >= 11 is 15.2. The molecule has 0 aliphatic carbocycles. The second kappa shape index (κ2) is 7.13. The average Bonchev–Trinajstić information content (AvgIpc) is 2.36. The predicted molar refractivity (Wildman–Crippen MR) is 84.7 cm³/mol. The Morgan fingerprint density at radius 3 is 2.53 bits per heavy atom. The molecular weight excluding hydrogens is 375 g/mol. The second-order valence-corrected chi connectivity index (χ2v) is 7.70. The van der Waals surface area contributed by atoms with Gasteiger partial charge in [-0.2, -0.15) is 0 Å². The highest BCUT2D eigenvalue weighted by Crippen LogP contribution is 2.36. The Bertz CT molecular complexity index is 552. The topological polar surface area (TPSA) is 58.2 Å². The van der Waals surface area contributed by atoms with Gasteiger partial charge in [0.15, 0.2) is 0 Å². The average molecular weight is 390 g/mol. The SMILES string of the molecule is CCNCC(C)S(=O)(=O)Nc1ccc(Br)c(Cl)c1Cl. The molecule has 108 valence electrons. The fourth-order valence-corrected chi connectivity index (χ4v) is 3.21. The Balaban J connectivity index is 2.93. The van der Waals surface area contributed by atoms with Gasteiger partial charge in [0.1, 0.15) is 0 Å². The summed E-state index contributed by atoms with van der Waals surface area (Å²) in [6.07, 6.45) is 0. The Morgan fingerprint density at radius 1 is 1.32 bits per heavy atom. The van der Waals surface area contributed by atoms with E-state index in [9.17, 15) is 8.42 Å². The fraction of sp³-hybridized carbons (Fsp3) is 0.455. The van der Waals surface area contributed by atoms with E-state index >= 15 is 0 Å². The third-order valence-corrected chi connectivity index (χ3v) is 6.00. The zero-order valence-electron chi connectivity index (χ0n) is 10.5.